The number of rotatable bonds is 4. The molecule has 1 aromatic rings. The lowest BCUT2D eigenvalue weighted by molar-refractivity contribution is 0.0281. The number of piperazine rings is 1. The van der Waals surface area contributed by atoms with Crippen LogP contribution in [-0.4, -0.2) is 49.8 Å². The van der Waals surface area contributed by atoms with E-state index < -0.39 is 0 Å². The Morgan fingerprint density at radius 2 is 1.91 bits per heavy atom. The van der Waals surface area contributed by atoms with Gasteiger partial charge in [0.15, 0.2) is 0 Å². The molecule has 0 radical (unpaired) electrons. The number of ether oxygens (including phenoxy) is 1. The molecule has 0 bridgehead atoms. The fraction of sp³-hybridized carbons (Fsp3) is 0.556. The maximum atomic E-state index is 13.0. The Morgan fingerprint density at radius 1 is 1.22 bits per heavy atom. The van der Waals surface area contributed by atoms with Gasteiger partial charge in [-0.3, -0.25) is 4.90 Å². The molecule has 2 N–H and O–H groups in total. The van der Waals surface area contributed by atoms with Crippen molar-refractivity contribution < 1.29 is 9.13 Å². The van der Waals surface area contributed by atoms with Crippen molar-refractivity contribution in [1.82, 2.24) is 4.90 Å². The number of nitrogens with two attached hydrogens (primary N) is 1. The Hall–Kier alpha value is -1.59. The summed E-state index contributed by atoms with van der Waals surface area (Å²) < 4.78 is 18.9. The molecule has 5 heteroatoms. The molecule has 1 aromatic carbocycles. The SMILES string of the molecule is C[C@@H](C1CCC(CN)=CO1)N1CCN(c2ccc(F)cc2)CC1. The van der Waals surface area contributed by atoms with E-state index in [-0.39, 0.29) is 11.9 Å². The molecule has 2 heterocycles. The van der Waals surface area contributed by atoms with Crippen LogP contribution in [0, 0.1) is 5.82 Å². The minimum absolute atomic E-state index is 0.180. The summed E-state index contributed by atoms with van der Waals surface area (Å²) in [6.07, 6.45) is 4.20. The highest BCUT2D eigenvalue weighted by molar-refractivity contribution is 5.46. The number of benzene rings is 1. The van der Waals surface area contributed by atoms with Gasteiger partial charge < -0.3 is 15.4 Å². The first-order valence-corrected chi connectivity index (χ1v) is 8.45. The minimum atomic E-state index is -0.180. The van der Waals surface area contributed by atoms with E-state index in [9.17, 15) is 4.39 Å². The van der Waals surface area contributed by atoms with Crippen LogP contribution in [0.15, 0.2) is 36.1 Å². The average molecular weight is 319 g/mol. The molecule has 3 rings (SSSR count). The fourth-order valence-corrected chi connectivity index (χ4v) is 3.42. The van der Waals surface area contributed by atoms with Gasteiger partial charge in [-0.2, -0.15) is 0 Å². The van der Waals surface area contributed by atoms with Crippen LogP contribution < -0.4 is 10.6 Å². The summed E-state index contributed by atoms with van der Waals surface area (Å²) in [4.78, 5) is 4.81. The Kier molecular flexibility index (Phi) is 5.18. The van der Waals surface area contributed by atoms with E-state index in [1.165, 1.54) is 17.7 Å². The third-order valence-electron chi connectivity index (χ3n) is 5.04. The average Bonchev–Trinajstić information content (AvgIpc) is 2.62. The molecule has 2 aliphatic rings. The summed E-state index contributed by atoms with van der Waals surface area (Å²) >= 11 is 0. The van der Waals surface area contributed by atoms with Crippen LogP contribution in [0.25, 0.3) is 0 Å². The van der Waals surface area contributed by atoms with Crippen LogP contribution in [0.4, 0.5) is 10.1 Å². The highest BCUT2D eigenvalue weighted by Gasteiger charge is 2.29. The molecular formula is C18H26FN3O. The Morgan fingerprint density at radius 3 is 2.48 bits per heavy atom. The van der Waals surface area contributed by atoms with Crippen LogP contribution >= 0.6 is 0 Å². The van der Waals surface area contributed by atoms with Gasteiger partial charge >= 0.3 is 0 Å². The first-order chi connectivity index (χ1) is 11.2. The Bertz CT molecular complexity index is 538. The van der Waals surface area contributed by atoms with Gasteiger partial charge in [0.2, 0.25) is 0 Å². The molecule has 0 spiro atoms. The molecule has 0 saturated carbocycles. The second-order valence-electron chi connectivity index (χ2n) is 6.43. The van der Waals surface area contributed by atoms with Gasteiger partial charge in [0.1, 0.15) is 11.9 Å². The van der Waals surface area contributed by atoms with Crippen molar-refractivity contribution in [3.63, 3.8) is 0 Å². The van der Waals surface area contributed by atoms with Crippen LogP contribution in [0.1, 0.15) is 19.8 Å². The first-order valence-electron chi connectivity index (χ1n) is 8.45. The van der Waals surface area contributed by atoms with Crippen LogP contribution in [0.2, 0.25) is 0 Å². The van der Waals surface area contributed by atoms with Crippen LogP contribution in [-0.2, 0) is 4.74 Å². The van der Waals surface area contributed by atoms with E-state index in [0.717, 1.165) is 44.7 Å². The van der Waals surface area contributed by atoms with Crippen LogP contribution in [0.3, 0.4) is 0 Å². The summed E-state index contributed by atoms with van der Waals surface area (Å²) in [5.41, 5.74) is 7.96. The lowest BCUT2D eigenvalue weighted by Crippen LogP contribution is -2.53. The van der Waals surface area contributed by atoms with Gasteiger partial charge in [-0.25, -0.2) is 4.39 Å². The number of hydrogen-bond donors (Lipinski definition) is 1. The predicted octanol–water partition coefficient (Wildman–Crippen LogP) is 2.36. The van der Waals surface area contributed by atoms with E-state index in [0.29, 0.717) is 12.6 Å². The molecule has 2 atom stereocenters. The quantitative estimate of drug-likeness (QED) is 0.925. The Balaban J connectivity index is 1.52. The highest BCUT2D eigenvalue weighted by atomic mass is 19.1. The molecular weight excluding hydrogens is 293 g/mol. The van der Waals surface area contributed by atoms with Gasteiger partial charge in [-0.1, -0.05) is 0 Å². The number of hydrogen-bond acceptors (Lipinski definition) is 4. The monoisotopic (exact) mass is 319 g/mol. The van der Waals surface area contributed by atoms with Gasteiger partial charge in [0.25, 0.3) is 0 Å². The maximum absolute atomic E-state index is 13.0. The normalized spacial score (nSPS) is 24.0. The third-order valence-corrected chi connectivity index (χ3v) is 5.04. The predicted molar refractivity (Wildman–Crippen MR) is 90.9 cm³/mol. The largest absolute Gasteiger partial charge is 0.496 e. The minimum Gasteiger partial charge on any atom is -0.496 e. The molecule has 0 aliphatic carbocycles. The summed E-state index contributed by atoms with van der Waals surface area (Å²) in [5.74, 6) is -0.180. The maximum Gasteiger partial charge on any atom is 0.123 e. The van der Waals surface area contributed by atoms with E-state index >= 15 is 0 Å². The summed E-state index contributed by atoms with van der Waals surface area (Å²) in [6, 6.07) is 7.18. The van der Waals surface area contributed by atoms with Crippen molar-refractivity contribution in [3.05, 3.63) is 41.9 Å². The highest BCUT2D eigenvalue weighted by Crippen LogP contribution is 2.24. The molecule has 1 unspecified atom stereocenters. The second-order valence-corrected chi connectivity index (χ2v) is 6.43. The lowest BCUT2D eigenvalue weighted by atomic mass is 9.99. The standard InChI is InChI=1S/C18H26FN3O/c1-14(18-7-2-15(12-20)13-23-18)21-8-10-22(11-9-21)17-5-3-16(19)4-6-17/h3-6,13-14,18H,2,7-12,20H2,1H3/t14-,18?/m0/s1. The summed E-state index contributed by atoms with van der Waals surface area (Å²) in [7, 11) is 0. The van der Waals surface area contributed by atoms with Gasteiger partial charge in [-0.15, -0.1) is 0 Å². The van der Waals surface area contributed by atoms with E-state index in [1.54, 1.807) is 0 Å². The summed E-state index contributed by atoms with van der Waals surface area (Å²) in [5, 5.41) is 0. The lowest BCUT2D eigenvalue weighted by Gasteiger charge is -2.42. The van der Waals surface area contributed by atoms with Crippen molar-refractivity contribution in [2.75, 3.05) is 37.6 Å². The van der Waals surface area contributed by atoms with E-state index in [4.69, 9.17) is 10.5 Å². The molecule has 2 aliphatic heterocycles. The van der Waals surface area contributed by atoms with Gasteiger partial charge in [-0.05, 0) is 49.6 Å². The van der Waals surface area contributed by atoms with Gasteiger partial charge in [0.05, 0.1) is 6.26 Å². The molecule has 23 heavy (non-hydrogen) atoms. The smallest absolute Gasteiger partial charge is 0.123 e. The number of anilines is 1. The number of halogens is 1. The molecule has 1 fully saturated rings. The van der Waals surface area contributed by atoms with Crippen molar-refractivity contribution in [2.24, 2.45) is 5.73 Å². The van der Waals surface area contributed by atoms with Gasteiger partial charge in [0, 0.05) is 44.5 Å². The van der Waals surface area contributed by atoms with Crippen molar-refractivity contribution in [2.45, 2.75) is 31.9 Å². The first kappa shape index (κ1) is 16.3. The topological polar surface area (TPSA) is 41.7 Å². The van der Waals surface area contributed by atoms with E-state index in [2.05, 4.69) is 16.7 Å². The molecule has 4 nitrogen and oxygen atoms in total. The van der Waals surface area contributed by atoms with E-state index in [1.807, 2.05) is 18.4 Å². The fourth-order valence-electron chi connectivity index (χ4n) is 3.42. The molecule has 0 aromatic heterocycles. The zero-order valence-electron chi connectivity index (χ0n) is 13.7. The van der Waals surface area contributed by atoms with Crippen molar-refractivity contribution in [3.8, 4) is 0 Å². The van der Waals surface area contributed by atoms with Crippen molar-refractivity contribution >= 4 is 5.69 Å². The molecule has 1 saturated heterocycles. The number of nitrogens with zero attached hydrogens (tertiary/aromatic N) is 2. The summed E-state index contributed by atoms with van der Waals surface area (Å²) in [6.45, 7) is 6.79. The Labute approximate surface area is 137 Å². The second kappa shape index (κ2) is 7.32. The third kappa shape index (κ3) is 3.85. The molecule has 126 valence electrons. The van der Waals surface area contributed by atoms with Crippen LogP contribution in [0.5, 0.6) is 0 Å². The zero-order valence-corrected chi connectivity index (χ0v) is 13.7. The molecule has 0 amide bonds. The zero-order chi connectivity index (χ0) is 16.2. The van der Waals surface area contributed by atoms with Crippen molar-refractivity contribution in [1.29, 1.82) is 0 Å².